The van der Waals surface area contributed by atoms with Crippen molar-refractivity contribution in [3.8, 4) is 0 Å². The van der Waals surface area contributed by atoms with Gasteiger partial charge in [-0.2, -0.15) is 26.3 Å². The van der Waals surface area contributed by atoms with Gasteiger partial charge in [-0.25, -0.2) is 0 Å². The fraction of sp³-hybridized carbons (Fsp3) is 0.353. The maximum absolute atomic E-state index is 13.3. The van der Waals surface area contributed by atoms with E-state index < -0.39 is 71.2 Å². The number of amides is 2. The first-order valence-electron chi connectivity index (χ1n) is 8.20. The zero-order chi connectivity index (χ0) is 22.9. The maximum Gasteiger partial charge on any atom is 0.416 e. The Morgan fingerprint density at radius 2 is 1.73 bits per heavy atom. The fourth-order valence-corrected chi connectivity index (χ4v) is 2.73. The van der Waals surface area contributed by atoms with Gasteiger partial charge in [-0.15, -0.1) is 0 Å². The minimum atomic E-state index is -5.14. The number of rotatable bonds is 5. The third-order valence-electron chi connectivity index (χ3n) is 4.14. The summed E-state index contributed by atoms with van der Waals surface area (Å²) in [6.45, 7) is -1.96. The van der Waals surface area contributed by atoms with E-state index in [0.717, 1.165) is 4.90 Å². The Labute approximate surface area is 164 Å². The zero-order valence-electron chi connectivity index (χ0n) is 14.9. The van der Waals surface area contributed by atoms with Crippen LogP contribution in [0, 0.1) is 0 Å². The number of carbonyl (C=O) groups is 3. The second-order valence-corrected chi connectivity index (χ2v) is 6.24. The van der Waals surface area contributed by atoms with Crippen molar-refractivity contribution in [2.45, 2.75) is 25.3 Å². The van der Waals surface area contributed by atoms with E-state index in [-0.39, 0.29) is 19.0 Å². The second kappa shape index (κ2) is 8.24. The lowest BCUT2D eigenvalue weighted by Gasteiger charge is -2.29. The lowest BCUT2D eigenvalue weighted by atomic mass is 10.00. The van der Waals surface area contributed by atoms with Gasteiger partial charge in [-0.3, -0.25) is 14.4 Å². The SMILES string of the molecule is O=C(O)CNC(=O)C1=C(O)CCN(Cc2ccc(C(F)(F)F)cc2C(F)(F)F)C1=O. The van der Waals surface area contributed by atoms with Crippen molar-refractivity contribution in [2.75, 3.05) is 13.1 Å². The number of carbonyl (C=O) groups excluding carboxylic acids is 2. The molecule has 0 bridgehead atoms. The first-order valence-corrected chi connectivity index (χ1v) is 8.20. The number of carboxylic acids is 1. The summed E-state index contributed by atoms with van der Waals surface area (Å²) >= 11 is 0. The van der Waals surface area contributed by atoms with Crippen LogP contribution in [0.25, 0.3) is 0 Å². The summed E-state index contributed by atoms with van der Waals surface area (Å²) in [4.78, 5) is 35.7. The van der Waals surface area contributed by atoms with Gasteiger partial charge in [0, 0.05) is 19.5 Å². The van der Waals surface area contributed by atoms with Crippen molar-refractivity contribution in [1.82, 2.24) is 10.2 Å². The van der Waals surface area contributed by atoms with Crippen LogP contribution >= 0.6 is 0 Å². The number of nitrogens with one attached hydrogen (secondary N) is 1. The molecular weight excluding hydrogens is 426 g/mol. The summed E-state index contributed by atoms with van der Waals surface area (Å²) in [5.41, 5.74) is -4.60. The molecule has 1 aliphatic rings. The maximum atomic E-state index is 13.3. The van der Waals surface area contributed by atoms with Crippen LogP contribution in [0.15, 0.2) is 29.5 Å². The van der Waals surface area contributed by atoms with Crippen molar-refractivity contribution in [2.24, 2.45) is 0 Å². The van der Waals surface area contributed by atoms with Crippen molar-refractivity contribution in [1.29, 1.82) is 0 Å². The van der Waals surface area contributed by atoms with E-state index in [4.69, 9.17) is 5.11 Å². The molecule has 164 valence electrons. The molecule has 30 heavy (non-hydrogen) atoms. The summed E-state index contributed by atoms with van der Waals surface area (Å²) in [7, 11) is 0. The molecule has 0 saturated carbocycles. The predicted molar refractivity (Wildman–Crippen MR) is 86.8 cm³/mol. The molecule has 1 aliphatic heterocycles. The minimum absolute atomic E-state index is 0.0719. The summed E-state index contributed by atoms with van der Waals surface area (Å²) < 4.78 is 78.1. The van der Waals surface area contributed by atoms with Crippen LogP contribution in [0.3, 0.4) is 0 Å². The molecule has 7 nitrogen and oxygen atoms in total. The van der Waals surface area contributed by atoms with Gasteiger partial charge in [0.15, 0.2) is 0 Å². The predicted octanol–water partition coefficient (Wildman–Crippen LogP) is 2.47. The zero-order valence-corrected chi connectivity index (χ0v) is 14.9. The number of aliphatic hydroxyl groups excluding tert-OH is 1. The molecule has 2 amide bonds. The number of aliphatic hydroxyl groups is 1. The Balaban J connectivity index is 2.33. The third kappa shape index (κ3) is 5.21. The van der Waals surface area contributed by atoms with E-state index in [2.05, 4.69) is 0 Å². The Morgan fingerprint density at radius 3 is 2.27 bits per heavy atom. The quantitative estimate of drug-likeness (QED) is 0.482. The van der Waals surface area contributed by atoms with Crippen LogP contribution in [0.2, 0.25) is 0 Å². The van der Waals surface area contributed by atoms with Crippen LogP contribution in [0.5, 0.6) is 0 Å². The minimum Gasteiger partial charge on any atom is -0.511 e. The van der Waals surface area contributed by atoms with E-state index in [0.29, 0.717) is 12.1 Å². The highest BCUT2D eigenvalue weighted by atomic mass is 19.4. The van der Waals surface area contributed by atoms with Crippen LogP contribution in [-0.4, -0.2) is 46.0 Å². The number of benzene rings is 1. The molecule has 0 spiro atoms. The lowest BCUT2D eigenvalue weighted by Crippen LogP contribution is -2.43. The van der Waals surface area contributed by atoms with Crippen LogP contribution < -0.4 is 5.32 Å². The second-order valence-electron chi connectivity index (χ2n) is 6.24. The topological polar surface area (TPSA) is 107 Å². The Kier molecular flexibility index (Phi) is 6.33. The highest BCUT2D eigenvalue weighted by Crippen LogP contribution is 2.38. The molecule has 0 saturated heterocycles. The third-order valence-corrected chi connectivity index (χ3v) is 4.14. The number of nitrogens with zero attached hydrogens (tertiary/aromatic N) is 1. The van der Waals surface area contributed by atoms with Gasteiger partial charge in [-0.05, 0) is 17.7 Å². The van der Waals surface area contributed by atoms with E-state index in [9.17, 15) is 45.8 Å². The largest absolute Gasteiger partial charge is 0.511 e. The van der Waals surface area contributed by atoms with Crippen molar-refractivity contribution < 1.29 is 50.9 Å². The Hall–Kier alpha value is -3.25. The smallest absolute Gasteiger partial charge is 0.416 e. The number of halogens is 6. The molecule has 0 aromatic heterocycles. The van der Waals surface area contributed by atoms with Crippen LogP contribution in [0.4, 0.5) is 26.3 Å². The van der Waals surface area contributed by atoms with E-state index >= 15 is 0 Å². The molecule has 0 radical (unpaired) electrons. The molecule has 0 atom stereocenters. The van der Waals surface area contributed by atoms with E-state index in [1.54, 1.807) is 0 Å². The lowest BCUT2D eigenvalue weighted by molar-refractivity contribution is -0.144. The van der Waals surface area contributed by atoms with Crippen LogP contribution in [0.1, 0.15) is 23.1 Å². The summed E-state index contributed by atoms with van der Waals surface area (Å²) in [6, 6.07) is 0.950. The number of alkyl halides is 6. The Morgan fingerprint density at radius 1 is 1.10 bits per heavy atom. The molecule has 0 fully saturated rings. The normalized spacial score (nSPS) is 15.4. The molecule has 3 N–H and O–H groups in total. The molecule has 2 rings (SSSR count). The summed E-state index contributed by atoms with van der Waals surface area (Å²) in [5, 5.41) is 20.2. The highest BCUT2D eigenvalue weighted by molar-refractivity contribution is 6.19. The average molecular weight is 440 g/mol. The summed E-state index contributed by atoms with van der Waals surface area (Å²) in [6.07, 6.45) is -10.5. The van der Waals surface area contributed by atoms with Gasteiger partial charge in [0.1, 0.15) is 17.9 Å². The molecule has 1 aromatic carbocycles. The molecule has 13 heteroatoms. The van der Waals surface area contributed by atoms with Crippen LogP contribution in [-0.2, 0) is 33.3 Å². The highest BCUT2D eigenvalue weighted by Gasteiger charge is 2.39. The molecular formula is C17H14F6N2O5. The first kappa shape index (κ1) is 23.0. The van der Waals surface area contributed by atoms with Gasteiger partial charge in [0.2, 0.25) is 0 Å². The van der Waals surface area contributed by atoms with Gasteiger partial charge < -0.3 is 20.4 Å². The van der Waals surface area contributed by atoms with Gasteiger partial charge >= 0.3 is 18.3 Å². The van der Waals surface area contributed by atoms with Crippen molar-refractivity contribution >= 4 is 17.8 Å². The number of aliphatic carboxylic acids is 1. The number of hydrogen-bond acceptors (Lipinski definition) is 4. The van der Waals surface area contributed by atoms with Gasteiger partial charge in [0.25, 0.3) is 11.8 Å². The summed E-state index contributed by atoms with van der Waals surface area (Å²) in [5.74, 6) is -4.55. The van der Waals surface area contributed by atoms with Gasteiger partial charge in [-0.1, -0.05) is 6.07 Å². The molecule has 1 aromatic rings. The van der Waals surface area contributed by atoms with Crippen molar-refractivity contribution in [3.63, 3.8) is 0 Å². The van der Waals surface area contributed by atoms with Gasteiger partial charge in [0.05, 0.1) is 11.1 Å². The van der Waals surface area contributed by atoms with E-state index in [1.807, 2.05) is 5.32 Å². The molecule has 0 unspecified atom stereocenters. The number of hydrogen-bond donors (Lipinski definition) is 3. The fourth-order valence-electron chi connectivity index (χ4n) is 2.73. The Bertz CT molecular complexity index is 907. The number of carboxylic acid groups (broad SMARTS) is 1. The monoisotopic (exact) mass is 440 g/mol. The standard InChI is InChI=1S/C17H14F6N2O5/c18-16(19,20)9-2-1-8(10(5-9)17(21,22)23)7-25-4-3-11(26)13(15(25)30)14(29)24-6-12(27)28/h1-2,5,26H,3-4,6-7H2,(H,24,29)(H,27,28). The van der Waals surface area contributed by atoms with E-state index in [1.165, 1.54) is 0 Å². The molecule has 0 aliphatic carbocycles. The first-order chi connectivity index (χ1) is 13.7. The van der Waals surface area contributed by atoms with Crippen molar-refractivity contribution in [3.05, 3.63) is 46.2 Å². The average Bonchev–Trinajstić information content (AvgIpc) is 2.61. The molecule has 1 heterocycles.